The predicted molar refractivity (Wildman–Crippen MR) is 153 cm³/mol. The number of likely N-dealkylation sites (tertiary alicyclic amines) is 1. The van der Waals surface area contributed by atoms with E-state index in [-0.39, 0.29) is 41.4 Å². The van der Waals surface area contributed by atoms with E-state index in [1.165, 1.54) is 0 Å². The molecule has 1 aromatic carbocycles. The largest absolute Gasteiger partial charge is 0.373 e. The van der Waals surface area contributed by atoms with Crippen LogP contribution in [0.25, 0.3) is 0 Å². The van der Waals surface area contributed by atoms with E-state index in [0.29, 0.717) is 19.4 Å². The number of benzene rings is 1. The van der Waals surface area contributed by atoms with Crippen LogP contribution in [0.1, 0.15) is 71.3 Å². The number of nitrogens with one attached hydrogen (secondary N) is 3. The molecule has 10 heteroatoms. The Morgan fingerprint density at radius 1 is 1.05 bits per heavy atom. The summed E-state index contributed by atoms with van der Waals surface area (Å²) in [5, 5.41) is 9.14. The average Bonchev–Trinajstić information content (AvgIpc) is 3.33. The molecule has 41 heavy (non-hydrogen) atoms. The number of carbonyl (C=O) groups excluding carboxylic acids is 5. The molecule has 5 rings (SSSR count). The summed E-state index contributed by atoms with van der Waals surface area (Å²) in [5.74, 6) is -2.75. The Kier molecular flexibility index (Phi) is 8.12. The van der Waals surface area contributed by atoms with E-state index in [1.54, 1.807) is 4.90 Å². The first-order valence-corrected chi connectivity index (χ1v) is 15.1. The number of rotatable bonds is 10. The van der Waals surface area contributed by atoms with Crippen LogP contribution in [0.2, 0.25) is 0 Å². The number of hydrogen-bond donors (Lipinski definition) is 4. The molecule has 6 atom stereocenters. The van der Waals surface area contributed by atoms with Gasteiger partial charge in [-0.2, -0.15) is 0 Å². The molecule has 0 spiro atoms. The zero-order chi connectivity index (χ0) is 29.5. The van der Waals surface area contributed by atoms with Crippen molar-refractivity contribution in [2.75, 3.05) is 11.9 Å². The lowest BCUT2D eigenvalue weighted by molar-refractivity contribution is -0.145. The summed E-state index contributed by atoms with van der Waals surface area (Å²) in [6.07, 6.45) is 6.17. The van der Waals surface area contributed by atoms with Crippen molar-refractivity contribution in [2.45, 2.75) is 96.3 Å². The van der Waals surface area contributed by atoms with Gasteiger partial charge in [-0.1, -0.05) is 64.7 Å². The molecular weight excluding hydrogens is 522 g/mol. The van der Waals surface area contributed by atoms with Gasteiger partial charge in [0.2, 0.25) is 23.5 Å². The molecule has 2 aliphatic heterocycles. The fourth-order valence-corrected chi connectivity index (χ4v) is 7.54. The third-order valence-electron chi connectivity index (χ3n) is 9.99. The number of primary amides is 1. The van der Waals surface area contributed by atoms with Crippen LogP contribution < -0.4 is 21.7 Å². The lowest BCUT2D eigenvalue weighted by Crippen LogP contribution is -2.60. The normalized spacial score (nSPS) is 27.5. The van der Waals surface area contributed by atoms with Crippen molar-refractivity contribution in [3.8, 4) is 0 Å². The topological polar surface area (TPSA) is 151 Å². The molecule has 3 fully saturated rings. The highest BCUT2D eigenvalue weighted by molar-refractivity contribution is 6.37. The lowest BCUT2D eigenvalue weighted by Gasteiger charge is -2.37. The molecule has 2 saturated carbocycles. The summed E-state index contributed by atoms with van der Waals surface area (Å²) in [4.78, 5) is 67.3. The first kappa shape index (κ1) is 29.1. The van der Waals surface area contributed by atoms with Crippen molar-refractivity contribution in [2.24, 2.45) is 28.9 Å². The minimum Gasteiger partial charge on any atom is -0.373 e. The minimum absolute atomic E-state index is 0.0121. The van der Waals surface area contributed by atoms with E-state index in [0.717, 1.165) is 43.4 Å². The van der Waals surface area contributed by atoms with Crippen LogP contribution in [0.3, 0.4) is 0 Å². The number of piperidine rings is 1. The van der Waals surface area contributed by atoms with Crippen molar-refractivity contribution in [3.63, 3.8) is 0 Å². The molecule has 4 amide bonds. The van der Waals surface area contributed by atoms with E-state index >= 15 is 0 Å². The van der Waals surface area contributed by atoms with Gasteiger partial charge in [0.15, 0.2) is 0 Å². The van der Waals surface area contributed by atoms with E-state index in [2.05, 4.69) is 29.8 Å². The van der Waals surface area contributed by atoms with Gasteiger partial charge in [-0.3, -0.25) is 24.0 Å². The van der Waals surface area contributed by atoms with Gasteiger partial charge in [0, 0.05) is 18.7 Å². The zero-order valence-corrected chi connectivity index (χ0v) is 24.3. The Morgan fingerprint density at radius 3 is 2.41 bits per heavy atom. The minimum atomic E-state index is -1.09. The average molecular weight is 566 g/mol. The maximum absolute atomic E-state index is 14.3. The van der Waals surface area contributed by atoms with Gasteiger partial charge in [-0.05, 0) is 54.1 Å². The number of nitrogens with two attached hydrogens (primary N) is 1. The molecular formula is C31H43N5O5. The quantitative estimate of drug-likeness (QED) is 0.318. The summed E-state index contributed by atoms with van der Waals surface area (Å²) in [6, 6.07) is 4.81. The van der Waals surface area contributed by atoms with Crippen molar-refractivity contribution < 1.29 is 24.0 Å². The number of nitrogens with zero attached hydrogens (tertiary/aromatic N) is 1. The van der Waals surface area contributed by atoms with Gasteiger partial charge < -0.3 is 26.6 Å². The van der Waals surface area contributed by atoms with Gasteiger partial charge in [0.1, 0.15) is 18.1 Å². The molecule has 5 N–H and O–H groups in total. The number of amides is 4. The van der Waals surface area contributed by atoms with Crippen LogP contribution in [0.15, 0.2) is 24.3 Å². The first-order chi connectivity index (χ1) is 19.5. The summed E-state index contributed by atoms with van der Waals surface area (Å²) in [7, 11) is 0. The van der Waals surface area contributed by atoms with Crippen LogP contribution in [0, 0.1) is 23.2 Å². The highest BCUT2D eigenvalue weighted by Crippen LogP contribution is 2.65. The Balaban J connectivity index is 1.36. The summed E-state index contributed by atoms with van der Waals surface area (Å²) >= 11 is 0. The van der Waals surface area contributed by atoms with Gasteiger partial charge >= 0.3 is 0 Å². The first-order valence-electron chi connectivity index (χ1n) is 15.1. The Hall–Kier alpha value is -3.43. The molecule has 0 bridgehead atoms. The number of anilines is 1. The number of fused-ring (bicyclic) bond motifs is 2. The predicted octanol–water partition coefficient (Wildman–Crippen LogP) is 1.91. The molecule has 5 unspecified atom stereocenters. The SMILES string of the molecule is CCCC(NC(=O)C1C2C(CN1C(=O)[C@@H](NC(=O)C1Cc3ccccc3N1)C1CCCCC1)C2(C)C)C(=O)C(N)=O. The highest BCUT2D eigenvalue weighted by Gasteiger charge is 2.69. The second-order valence-corrected chi connectivity index (χ2v) is 12.9. The fraction of sp³-hybridized carbons (Fsp3) is 0.645. The van der Waals surface area contributed by atoms with Crippen LogP contribution >= 0.6 is 0 Å². The van der Waals surface area contributed by atoms with E-state index in [1.807, 2.05) is 31.2 Å². The lowest BCUT2D eigenvalue weighted by atomic mass is 9.82. The molecule has 0 radical (unpaired) electrons. The van der Waals surface area contributed by atoms with Crippen molar-refractivity contribution in [1.82, 2.24) is 15.5 Å². The van der Waals surface area contributed by atoms with E-state index in [4.69, 9.17) is 5.73 Å². The maximum atomic E-state index is 14.3. The van der Waals surface area contributed by atoms with Crippen molar-refractivity contribution >= 4 is 35.1 Å². The molecule has 10 nitrogen and oxygen atoms in total. The van der Waals surface area contributed by atoms with Gasteiger partial charge in [0.25, 0.3) is 5.91 Å². The van der Waals surface area contributed by atoms with Crippen LogP contribution in [-0.4, -0.2) is 65.0 Å². The molecule has 4 aliphatic rings. The van der Waals surface area contributed by atoms with E-state index in [9.17, 15) is 24.0 Å². The Labute approximate surface area is 241 Å². The van der Waals surface area contributed by atoms with Gasteiger partial charge in [-0.25, -0.2) is 0 Å². The smallest absolute Gasteiger partial charge is 0.287 e. The number of ketones is 1. The fourth-order valence-electron chi connectivity index (χ4n) is 7.54. The second kappa shape index (κ2) is 11.4. The standard InChI is InChI=1S/C31H43N5O5/c1-4-10-21(26(37)27(32)38)34-29(40)25-23-19(31(23,2)3)16-36(25)30(41)24(17-11-6-5-7-12-17)35-28(39)22-15-18-13-8-9-14-20(18)33-22/h8-9,13-14,17,19,21-25,33H,4-7,10-12,15-16H2,1-3H3,(H2,32,38)(H,34,40)(H,35,39)/t19?,21?,22?,23?,24-,25?/m0/s1. The Bertz CT molecular complexity index is 1200. The summed E-state index contributed by atoms with van der Waals surface area (Å²) in [6.45, 7) is 6.45. The van der Waals surface area contributed by atoms with Gasteiger partial charge in [-0.15, -0.1) is 0 Å². The number of carbonyl (C=O) groups is 5. The third kappa shape index (κ3) is 5.57. The van der Waals surface area contributed by atoms with Crippen molar-refractivity contribution in [3.05, 3.63) is 29.8 Å². The maximum Gasteiger partial charge on any atom is 0.287 e. The summed E-state index contributed by atoms with van der Waals surface area (Å²) < 4.78 is 0. The number of para-hydroxylation sites is 1. The number of hydrogen-bond acceptors (Lipinski definition) is 6. The summed E-state index contributed by atoms with van der Waals surface area (Å²) in [5.41, 5.74) is 7.12. The molecule has 0 aromatic heterocycles. The van der Waals surface area contributed by atoms with Gasteiger partial charge in [0.05, 0.1) is 6.04 Å². The molecule has 2 heterocycles. The third-order valence-corrected chi connectivity index (χ3v) is 9.99. The zero-order valence-electron chi connectivity index (χ0n) is 24.3. The monoisotopic (exact) mass is 565 g/mol. The highest BCUT2D eigenvalue weighted by atomic mass is 16.2. The molecule has 1 saturated heterocycles. The number of Topliss-reactive ketones (excluding diaryl/α,β-unsaturated/α-hetero) is 1. The molecule has 2 aliphatic carbocycles. The van der Waals surface area contributed by atoms with Crippen molar-refractivity contribution in [1.29, 1.82) is 0 Å². The van der Waals surface area contributed by atoms with Crippen LogP contribution in [0.5, 0.6) is 0 Å². The second-order valence-electron chi connectivity index (χ2n) is 12.9. The van der Waals surface area contributed by atoms with E-state index < -0.39 is 41.8 Å². The molecule has 1 aromatic rings. The Morgan fingerprint density at radius 2 is 1.76 bits per heavy atom. The van der Waals surface area contributed by atoms with Crippen LogP contribution in [0.4, 0.5) is 5.69 Å². The molecule has 222 valence electrons. The van der Waals surface area contributed by atoms with Crippen LogP contribution in [-0.2, 0) is 30.4 Å².